The smallest absolute Gasteiger partial charge is 0.315 e. The first kappa shape index (κ1) is 16.7. The molecule has 0 heterocycles. The molecule has 5 heteroatoms. The molecule has 0 rings (SSSR count). The van der Waals surface area contributed by atoms with Crippen LogP contribution < -0.4 is 10.6 Å². The number of carbonyl (C=O) groups excluding carboxylic acids is 1. The van der Waals surface area contributed by atoms with Crippen LogP contribution in [0.25, 0.3) is 0 Å². The average Bonchev–Trinajstić information content (AvgIpc) is 2.25. The van der Waals surface area contributed by atoms with Gasteiger partial charge in [0, 0.05) is 18.5 Å². The van der Waals surface area contributed by atoms with Gasteiger partial charge in [-0.3, -0.25) is 4.79 Å². The maximum absolute atomic E-state index is 11.6. The first-order valence-corrected chi connectivity index (χ1v) is 6.63. The van der Waals surface area contributed by atoms with Gasteiger partial charge in [-0.1, -0.05) is 20.3 Å². The number of nitrogens with one attached hydrogen (secondary N) is 2. The summed E-state index contributed by atoms with van der Waals surface area (Å²) in [6.45, 7) is 8.08. The van der Waals surface area contributed by atoms with Crippen LogP contribution in [0.2, 0.25) is 0 Å². The van der Waals surface area contributed by atoms with Gasteiger partial charge in [0.2, 0.25) is 0 Å². The molecule has 0 radical (unpaired) electrons. The second-order valence-corrected chi connectivity index (χ2v) is 5.10. The first-order chi connectivity index (χ1) is 8.35. The quantitative estimate of drug-likeness (QED) is 0.625. The van der Waals surface area contributed by atoms with Crippen LogP contribution in [0.1, 0.15) is 53.4 Å². The Morgan fingerprint density at radius 3 is 2.17 bits per heavy atom. The highest BCUT2D eigenvalue weighted by Crippen LogP contribution is 2.09. The second kappa shape index (κ2) is 8.78. The van der Waals surface area contributed by atoms with Crippen molar-refractivity contribution in [2.75, 3.05) is 0 Å². The summed E-state index contributed by atoms with van der Waals surface area (Å²) >= 11 is 0. The number of hydrogen-bond acceptors (Lipinski definition) is 2. The first-order valence-electron chi connectivity index (χ1n) is 6.63. The molecule has 3 N–H and O–H groups in total. The maximum atomic E-state index is 11.6. The molecule has 0 fully saturated rings. The number of amides is 2. The lowest BCUT2D eigenvalue weighted by atomic mass is 10.0. The van der Waals surface area contributed by atoms with Crippen LogP contribution in [0.3, 0.4) is 0 Å². The van der Waals surface area contributed by atoms with E-state index < -0.39 is 5.97 Å². The number of aliphatic carboxylic acids is 1. The van der Waals surface area contributed by atoms with Gasteiger partial charge in [0.05, 0.1) is 0 Å². The largest absolute Gasteiger partial charge is 0.481 e. The Labute approximate surface area is 109 Å². The molecule has 0 aliphatic carbocycles. The van der Waals surface area contributed by atoms with E-state index in [0.717, 1.165) is 12.8 Å². The van der Waals surface area contributed by atoms with Crippen LogP contribution in [0.5, 0.6) is 0 Å². The van der Waals surface area contributed by atoms with Gasteiger partial charge in [0.25, 0.3) is 0 Å². The molecule has 106 valence electrons. The Bertz CT molecular complexity index is 269. The van der Waals surface area contributed by atoms with Crippen LogP contribution in [0.15, 0.2) is 0 Å². The fourth-order valence-electron chi connectivity index (χ4n) is 1.73. The Morgan fingerprint density at radius 1 is 1.11 bits per heavy atom. The number of hydrogen-bond donors (Lipinski definition) is 3. The minimum Gasteiger partial charge on any atom is -0.481 e. The lowest BCUT2D eigenvalue weighted by molar-refractivity contribution is -0.137. The Balaban J connectivity index is 3.84. The normalized spacial score (nSPS) is 15.6. The summed E-state index contributed by atoms with van der Waals surface area (Å²) < 4.78 is 0. The Morgan fingerprint density at radius 2 is 1.67 bits per heavy atom. The van der Waals surface area contributed by atoms with Crippen molar-refractivity contribution in [2.24, 2.45) is 5.92 Å². The third-order valence-corrected chi connectivity index (χ3v) is 3.00. The molecule has 2 amide bonds. The van der Waals surface area contributed by atoms with Crippen molar-refractivity contribution in [1.29, 1.82) is 0 Å². The number of carboxylic acids is 1. The van der Waals surface area contributed by atoms with Crippen molar-refractivity contribution in [3.05, 3.63) is 0 Å². The van der Waals surface area contributed by atoms with Gasteiger partial charge in [-0.2, -0.15) is 0 Å². The zero-order valence-electron chi connectivity index (χ0n) is 11.8. The number of urea groups is 1. The predicted octanol–water partition coefficient (Wildman–Crippen LogP) is 2.36. The molecule has 3 atom stereocenters. The molecule has 0 aromatic heterocycles. The SMILES string of the molecule is CCC(C)CC(C)NC(=O)NC(C)CCC(=O)O. The highest BCUT2D eigenvalue weighted by Gasteiger charge is 2.12. The summed E-state index contributed by atoms with van der Waals surface area (Å²) in [4.78, 5) is 22.0. The molecule has 0 bridgehead atoms. The van der Waals surface area contributed by atoms with Gasteiger partial charge in [-0.05, 0) is 32.6 Å². The Hall–Kier alpha value is -1.26. The molecule has 18 heavy (non-hydrogen) atoms. The van der Waals surface area contributed by atoms with E-state index in [1.165, 1.54) is 0 Å². The van der Waals surface area contributed by atoms with Crippen molar-refractivity contribution in [3.63, 3.8) is 0 Å². The predicted molar refractivity (Wildman–Crippen MR) is 71.5 cm³/mol. The maximum Gasteiger partial charge on any atom is 0.315 e. The van der Waals surface area contributed by atoms with Crippen molar-refractivity contribution in [1.82, 2.24) is 10.6 Å². The van der Waals surface area contributed by atoms with E-state index >= 15 is 0 Å². The van der Waals surface area contributed by atoms with Crippen LogP contribution >= 0.6 is 0 Å². The van der Waals surface area contributed by atoms with Crippen LogP contribution in [-0.2, 0) is 4.79 Å². The van der Waals surface area contributed by atoms with Crippen LogP contribution in [0, 0.1) is 5.92 Å². The van der Waals surface area contributed by atoms with Crippen LogP contribution in [0.4, 0.5) is 4.79 Å². The van der Waals surface area contributed by atoms with E-state index in [4.69, 9.17) is 5.11 Å². The van der Waals surface area contributed by atoms with Gasteiger partial charge >= 0.3 is 12.0 Å². The molecule has 0 saturated heterocycles. The molecule has 0 aliphatic heterocycles. The lowest BCUT2D eigenvalue weighted by Crippen LogP contribution is -2.45. The highest BCUT2D eigenvalue weighted by molar-refractivity contribution is 5.74. The minimum absolute atomic E-state index is 0.0733. The fourth-order valence-corrected chi connectivity index (χ4v) is 1.73. The second-order valence-electron chi connectivity index (χ2n) is 5.10. The van der Waals surface area contributed by atoms with E-state index in [2.05, 4.69) is 24.5 Å². The number of carboxylic acid groups (broad SMARTS) is 1. The lowest BCUT2D eigenvalue weighted by Gasteiger charge is -2.20. The van der Waals surface area contributed by atoms with E-state index in [1.54, 1.807) is 0 Å². The van der Waals surface area contributed by atoms with Crippen molar-refractivity contribution < 1.29 is 14.7 Å². The summed E-state index contributed by atoms with van der Waals surface area (Å²) in [5, 5.41) is 14.2. The van der Waals surface area contributed by atoms with Gasteiger partial charge in [0.1, 0.15) is 0 Å². The summed E-state index contributed by atoms with van der Waals surface area (Å²) in [6.07, 6.45) is 2.57. The van der Waals surface area contributed by atoms with Crippen LogP contribution in [-0.4, -0.2) is 29.2 Å². The molecule has 5 nitrogen and oxygen atoms in total. The summed E-state index contributed by atoms with van der Waals surface area (Å²) in [5.41, 5.74) is 0. The standard InChI is InChI=1S/C13H26N2O3/c1-5-9(2)8-11(4)15-13(18)14-10(3)6-7-12(16)17/h9-11H,5-8H2,1-4H3,(H,16,17)(H2,14,15,18). The van der Waals surface area contributed by atoms with E-state index in [-0.39, 0.29) is 24.5 Å². The fraction of sp³-hybridized carbons (Fsp3) is 0.846. The summed E-state index contributed by atoms with van der Waals surface area (Å²) in [5.74, 6) is -0.251. The minimum atomic E-state index is -0.839. The Kier molecular flexibility index (Phi) is 8.16. The third-order valence-electron chi connectivity index (χ3n) is 3.00. The monoisotopic (exact) mass is 258 g/mol. The van der Waals surface area contributed by atoms with Gasteiger partial charge in [-0.15, -0.1) is 0 Å². The number of carbonyl (C=O) groups is 2. The molecule has 0 saturated carbocycles. The summed E-state index contributed by atoms with van der Waals surface area (Å²) in [6, 6.07) is -0.216. The van der Waals surface area contributed by atoms with Crippen molar-refractivity contribution in [3.8, 4) is 0 Å². The molecule has 0 aromatic rings. The molecular weight excluding hydrogens is 232 g/mol. The van der Waals surface area contributed by atoms with Crippen molar-refractivity contribution in [2.45, 2.75) is 65.5 Å². The van der Waals surface area contributed by atoms with Gasteiger partial charge in [0.15, 0.2) is 0 Å². The molecule has 0 aliphatic rings. The highest BCUT2D eigenvalue weighted by atomic mass is 16.4. The van der Waals surface area contributed by atoms with E-state index in [9.17, 15) is 9.59 Å². The number of rotatable bonds is 8. The van der Waals surface area contributed by atoms with Crippen molar-refractivity contribution >= 4 is 12.0 Å². The summed E-state index contributed by atoms with van der Waals surface area (Å²) in [7, 11) is 0. The molecule has 3 unspecified atom stereocenters. The molecule has 0 aromatic carbocycles. The van der Waals surface area contributed by atoms with E-state index in [0.29, 0.717) is 12.3 Å². The average molecular weight is 258 g/mol. The zero-order valence-corrected chi connectivity index (χ0v) is 11.8. The van der Waals surface area contributed by atoms with E-state index in [1.807, 2.05) is 13.8 Å². The third kappa shape index (κ3) is 8.84. The van der Waals surface area contributed by atoms with Gasteiger partial charge < -0.3 is 15.7 Å². The zero-order chi connectivity index (χ0) is 14.1. The molecular formula is C13H26N2O3. The van der Waals surface area contributed by atoms with Gasteiger partial charge in [-0.25, -0.2) is 4.79 Å². The topological polar surface area (TPSA) is 78.4 Å². The molecule has 0 spiro atoms.